The van der Waals surface area contributed by atoms with E-state index in [9.17, 15) is 5.11 Å². The van der Waals surface area contributed by atoms with E-state index in [0.29, 0.717) is 5.56 Å². The average Bonchev–Trinajstić information content (AvgIpc) is 2.26. The molecule has 0 radical (unpaired) electrons. The normalized spacial score (nSPS) is 11.0. The predicted molar refractivity (Wildman–Crippen MR) is 51.1 cm³/mol. The molecule has 0 amide bonds. The molecule has 0 saturated heterocycles. The summed E-state index contributed by atoms with van der Waals surface area (Å²) in [6.07, 6.45) is 0. The molecule has 0 aliphatic heterocycles. The zero-order valence-electron chi connectivity index (χ0n) is 8.39. The molecule has 0 unspecified atom stereocenters. The van der Waals surface area contributed by atoms with Crippen LogP contribution in [0.25, 0.3) is 0 Å². The van der Waals surface area contributed by atoms with Crippen molar-refractivity contribution in [2.75, 3.05) is 14.2 Å². The second kappa shape index (κ2) is 4.17. The summed E-state index contributed by atoms with van der Waals surface area (Å²) in [5.41, 5.74) is 0.310. The number of phenolic OH excluding ortho intramolecular Hbond substituents is 2. The smallest absolute Gasteiger partial charge is 0.286 e. The third-order valence-electron chi connectivity index (χ3n) is 2.08. The third kappa shape index (κ3) is 1.86. The first-order valence-electron chi connectivity index (χ1n) is 4.13. The Morgan fingerprint density at radius 3 is 2.20 bits per heavy atom. The lowest BCUT2D eigenvalue weighted by atomic mass is 10.1. The van der Waals surface area contributed by atoms with Crippen LogP contribution < -0.4 is 0 Å². The lowest BCUT2D eigenvalue weighted by Gasteiger charge is -2.23. The van der Waals surface area contributed by atoms with Crippen molar-refractivity contribution in [3.63, 3.8) is 0 Å². The highest BCUT2D eigenvalue weighted by Gasteiger charge is 2.32. The highest BCUT2D eigenvalue weighted by Crippen LogP contribution is 2.32. The van der Waals surface area contributed by atoms with E-state index in [-0.39, 0.29) is 11.5 Å². The minimum atomic E-state index is -1.56. The first-order chi connectivity index (χ1) is 7.09. The van der Waals surface area contributed by atoms with Crippen LogP contribution in [0.15, 0.2) is 18.2 Å². The molecule has 0 heterocycles. The van der Waals surface area contributed by atoms with Crippen LogP contribution in [-0.2, 0) is 15.3 Å². The second-order valence-corrected chi connectivity index (χ2v) is 2.84. The van der Waals surface area contributed by atoms with Gasteiger partial charge in [0, 0.05) is 19.8 Å². The molecule has 0 bridgehead atoms. The molecule has 0 aliphatic rings. The van der Waals surface area contributed by atoms with E-state index in [1.807, 2.05) is 6.07 Å². The van der Waals surface area contributed by atoms with Gasteiger partial charge in [-0.05, 0) is 18.2 Å². The van der Waals surface area contributed by atoms with Gasteiger partial charge < -0.3 is 19.7 Å². The summed E-state index contributed by atoms with van der Waals surface area (Å²) >= 11 is 0. The third-order valence-corrected chi connectivity index (χ3v) is 2.08. The fourth-order valence-corrected chi connectivity index (χ4v) is 1.20. The molecule has 2 N–H and O–H groups in total. The van der Waals surface area contributed by atoms with Crippen LogP contribution in [-0.4, -0.2) is 24.4 Å². The van der Waals surface area contributed by atoms with Crippen LogP contribution in [0.1, 0.15) is 5.56 Å². The molecule has 5 heteroatoms. The van der Waals surface area contributed by atoms with Gasteiger partial charge in [-0.3, -0.25) is 0 Å². The molecule has 0 aliphatic carbocycles. The highest BCUT2D eigenvalue weighted by atomic mass is 16.7. The van der Waals surface area contributed by atoms with Gasteiger partial charge in [-0.25, -0.2) is 0 Å². The molecule has 15 heavy (non-hydrogen) atoms. The molecule has 5 nitrogen and oxygen atoms in total. The van der Waals surface area contributed by atoms with Crippen LogP contribution in [0.4, 0.5) is 0 Å². The Bertz CT molecular complexity index is 393. The number of rotatable bonds is 3. The van der Waals surface area contributed by atoms with E-state index in [4.69, 9.17) is 19.8 Å². The van der Waals surface area contributed by atoms with Gasteiger partial charge in [0.05, 0.1) is 0 Å². The number of benzene rings is 1. The van der Waals surface area contributed by atoms with Crippen LogP contribution in [0.3, 0.4) is 0 Å². The number of nitrogens with zero attached hydrogens (tertiary/aromatic N) is 1. The lowest BCUT2D eigenvalue weighted by Crippen LogP contribution is -2.28. The molecule has 0 saturated carbocycles. The first kappa shape index (κ1) is 11.3. The molecule has 1 aromatic carbocycles. The molecule has 0 aromatic heterocycles. The maximum Gasteiger partial charge on any atom is 0.286 e. The van der Waals surface area contributed by atoms with Crippen LogP contribution in [0.5, 0.6) is 11.5 Å². The summed E-state index contributed by atoms with van der Waals surface area (Å²) in [5, 5.41) is 27.3. The van der Waals surface area contributed by atoms with E-state index in [0.717, 1.165) is 0 Å². The van der Waals surface area contributed by atoms with Crippen molar-refractivity contribution in [2.45, 2.75) is 5.79 Å². The van der Waals surface area contributed by atoms with E-state index >= 15 is 0 Å². The Balaban J connectivity index is 3.25. The molecule has 0 fully saturated rings. The topological polar surface area (TPSA) is 82.7 Å². The molecule has 1 rings (SSSR count). The average molecular weight is 209 g/mol. The van der Waals surface area contributed by atoms with Gasteiger partial charge >= 0.3 is 0 Å². The molecule has 1 aromatic rings. The van der Waals surface area contributed by atoms with Crippen molar-refractivity contribution >= 4 is 0 Å². The molecular formula is C10H11NO4. The summed E-state index contributed by atoms with van der Waals surface area (Å²) < 4.78 is 9.88. The number of nitriles is 1. The van der Waals surface area contributed by atoms with Crippen LogP contribution >= 0.6 is 0 Å². The Hall–Kier alpha value is -1.77. The zero-order chi connectivity index (χ0) is 11.5. The Morgan fingerprint density at radius 2 is 1.80 bits per heavy atom. The van der Waals surface area contributed by atoms with Crippen LogP contribution in [0.2, 0.25) is 0 Å². The SMILES string of the molecule is COC(C#N)(OC)c1ccc(O)c(O)c1. The standard InChI is InChI=1S/C10H11NO4/c1-14-10(6-11,15-2)7-3-4-8(12)9(13)5-7/h3-5,12-13H,1-2H3. The molecule has 0 spiro atoms. The van der Waals surface area contributed by atoms with E-state index in [1.165, 1.54) is 32.4 Å². The summed E-state index contributed by atoms with van der Waals surface area (Å²) in [6.45, 7) is 0. The van der Waals surface area contributed by atoms with Crippen molar-refractivity contribution in [3.8, 4) is 17.6 Å². The monoisotopic (exact) mass is 209 g/mol. The van der Waals surface area contributed by atoms with Crippen molar-refractivity contribution in [1.82, 2.24) is 0 Å². The van der Waals surface area contributed by atoms with Gasteiger partial charge in [0.2, 0.25) is 0 Å². The van der Waals surface area contributed by atoms with Gasteiger partial charge in [0.25, 0.3) is 5.79 Å². The van der Waals surface area contributed by atoms with Crippen LogP contribution in [0, 0.1) is 11.3 Å². The highest BCUT2D eigenvalue weighted by molar-refractivity contribution is 5.43. The first-order valence-corrected chi connectivity index (χ1v) is 4.13. The lowest BCUT2D eigenvalue weighted by molar-refractivity contribution is -0.171. The maximum absolute atomic E-state index is 9.28. The number of hydrogen-bond donors (Lipinski definition) is 2. The van der Waals surface area contributed by atoms with Crippen molar-refractivity contribution in [3.05, 3.63) is 23.8 Å². The van der Waals surface area contributed by atoms with E-state index in [1.54, 1.807) is 0 Å². The fourth-order valence-electron chi connectivity index (χ4n) is 1.20. The number of methoxy groups -OCH3 is 2. The van der Waals surface area contributed by atoms with Crippen molar-refractivity contribution in [2.24, 2.45) is 0 Å². The van der Waals surface area contributed by atoms with Gasteiger partial charge in [0.15, 0.2) is 11.5 Å². The minimum absolute atomic E-state index is 0.266. The Morgan fingerprint density at radius 1 is 1.20 bits per heavy atom. The maximum atomic E-state index is 9.28. The second-order valence-electron chi connectivity index (χ2n) is 2.84. The predicted octanol–water partition coefficient (Wildman–Crippen LogP) is 1.07. The van der Waals surface area contributed by atoms with Crippen molar-refractivity contribution in [1.29, 1.82) is 5.26 Å². The fraction of sp³-hybridized carbons (Fsp3) is 0.300. The summed E-state index contributed by atoms with van der Waals surface area (Å²) in [7, 11) is 2.63. The molecule has 80 valence electrons. The van der Waals surface area contributed by atoms with Gasteiger partial charge in [-0.15, -0.1) is 0 Å². The van der Waals surface area contributed by atoms with E-state index in [2.05, 4.69) is 0 Å². The van der Waals surface area contributed by atoms with Gasteiger partial charge in [-0.1, -0.05) is 0 Å². The quantitative estimate of drug-likeness (QED) is 0.574. The Kier molecular flexibility index (Phi) is 3.14. The zero-order valence-corrected chi connectivity index (χ0v) is 8.39. The number of phenols is 2. The summed E-state index contributed by atoms with van der Waals surface area (Å²) in [4.78, 5) is 0. The van der Waals surface area contributed by atoms with Gasteiger partial charge in [-0.2, -0.15) is 5.26 Å². The number of aromatic hydroxyl groups is 2. The number of ether oxygens (including phenoxy) is 2. The largest absolute Gasteiger partial charge is 0.504 e. The minimum Gasteiger partial charge on any atom is -0.504 e. The summed E-state index contributed by atoms with van der Waals surface area (Å²) in [6, 6.07) is 5.75. The number of hydrogen-bond acceptors (Lipinski definition) is 5. The van der Waals surface area contributed by atoms with Crippen molar-refractivity contribution < 1.29 is 19.7 Å². The van der Waals surface area contributed by atoms with Gasteiger partial charge in [0.1, 0.15) is 6.07 Å². The molecular weight excluding hydrogens is 198 g/mol. The molecule has 0 atom stereocenters. The Labute approximate surface area is 87.1 Å². The summed E-state index contributed by atoms with van der Waals surface area (Å²) in [5.74, 6) is -2.16. The van der Waals surface area contributed by atoms with E-state index < -0.39 is 5.79 Å².